The average molecular weight is 476 g/mol. The molecule has 3 aromatic rings. The van der Waals surface area contributed by atoms with Crippen molar-refractivity contribution >= 4 is 35.4 Å². The van der Waals surface area contributed by atoms with Crippen LogP contribution in [0.5, 0.6) is 11.5 Å². The molecule has 3 rings (SSSR count). The first kappa shape index (κ1) is 24.6. The Morgan fingerprint density at radius 2 is 1.74 bits per heavy atom. The van der Waals surface area contributed by atoms with E-state index in [1.54, 1.807) is 43.3 Å². The molecule has 11 nitrogen and oxygen atoms in total. The van der Waals surface area contributed by atoms with Crippen molar-refractivity contribution < 1.29 is 28.8 Å². The summed E-state index contributed by atoms with van der Waals surface area (Å²) in [6.07, 6.45) is 1.24. The number of rotatable bonds is 8. The summed E-state index contributed by atoms with van der Waals surface area (Å²) in [7, 11) is 0. The van der Waals surface area contributed by atoms with Gasteiger partial charge in [0.15, 0.2) is 0 Å². The Morgan fingerprint density at radius 3 is 2.51 bits per heavy atom. The highest BCUT2D eigenvalue weighted by Crippen LogP contribution is 2.23. The van der Waals surface area contributed by atoms with Crippen LogP contribution in [0, 0.1) is 10.1 Å². The first-order valence-electron chi connectivity index (χ1n) is 10.3. The highest BCUT2D eigenvalue weighted by molar-refractivity contribution is 6.39. The number of nitro benzene ring substituents is 1. The summed E-state index contributed by atoms with van der Waals surface area (Å²) in [6, 6.07) is 18.2. The van der Waals surface area contributed by atoms with Gasteiger partial charge >= 0.3 is 17.8 Å². The number of nitrogens with zero attached hydrogens (tertiary/aromatic N) is 2. The largest absolute Gasteiger partial charge is 0.492 e. The molecule has 0 aliphatic heterocycles. The summed E-state index contributed by atoms with van der Waals surface area (Å²) >= 11 is 0. The van der Waals surface area contributed by atoms with Crippen molar-refractivity contribution in [2.75, 3.05) is 11.9 Å². The zero-order valence-corrected chi connectivity index (χ0v) is 18.5. The van der Waals surface area contributed by atoms with E-state index in [2.05, 4.69) is 15.8 Å². The normalized spacial score (nSPS) is 10.4. The van der Waals surface area contributed by atoms with Gasteiger partial charge in [-0.15, -0.1) is 0 Å². The van der Waals surface area contributed by atoms with Gasteiger partial charge < -0.3 is 14.8 Å². The van der Waals surface area contributed by atoms with E-state index < -0.39 is 22.7 Å². The van der Waals surface area contributed by atoms with Gasteiger partial charge in [0, 0.05) is 6.07 Å². The zero-order valence-electron chi connectivity index (χ0n) is 18.5. The second kappa shape index (κ2) is 11.7. The van der Waals surface area contributed by atoms with Crippen LogP contribution in [0.25, 0.3) is 0 Å². The molecule has 3 aromatic carbocycles. The Bertz CT molecular complexity index is 1290. The molecule has 0 radical (unpaired) electrons. The van der Waals surface area contributed by atoms with Crippen LogP contribution in [0.2, 0.25) is 0 Å². The first-order chi connectivity index (χ1) is 16.9. The predicted octanol–water partition coefficient (Wildman–Crippen LogP) is 3.30. The van der Waals surface area contributed by atoms with E-state index >= 15 is 0 Å². The number of anilines is 1. The molecule has 11 heteroatoms. The number of hydrogen-bond donors (Lipinski definition) is 2. The van der Waals surface area contributed by atoms with Crippen molar-refractivity contribution in [1.29, 1.82) is 0 Å². The van der Waals surface area contributed by atoms with Gasteiger partial charge in [-0.3, -0.25) is 19.7 Å². The van der Waals surface area contributed by atoms with Crippen molar-refractivity contribution in [3.63, 3.8) is 0 Å². The molecule has 0 unspecified atom stereocenters. The van der Waals surface area contributed by atoms with Gasteiger partial charge in [-0.25, -0.2) is 10.2 Å². The number of hydrogen-bond acceptors (Lipinski definition) is 8. The van der Waals surface area contributed by atoms with Crippen LogP contribution in [0.4, 0.5) is 11.4 Å². The minimum absolute atomic E-state index is 0.105. The van der Waals surface area contributed by atoms with Gasteiger partial charge in [0.25, 0.3) is 5.69 Å². The minimum Gasteiger partial charge on any atom is -0.492 e. The zero-order chi connectivity index (χ0) is 25.2. The number of amides is 2. The lowest BCUT2D eigenvalue weighted by Gasteiger charge is -2.10. The molecule has 178 valence electrons. The molecule has 0 aromatic heterocycles. The molecule has 2 amide bonds. The molecule has 0 fully saturated rings. The quantitative estimate of drug-likeness (QED) is 0.126. The molecule has 0 saturated carbocycles. The number of nitro groups is 1. The molecule has 2 N–H and O–H groups in total. The average Bonchev–Trinajstić information content (AvgIpc) is 2.85. The number of nitrogens with one attached hydrogen (secondary N) is 2. The summed E-state index contributed by atoms with van der Waals surface area (Å²) in [4.78, 5) is 47.0. The molecular weight excluding hydrogens is 456 g/mol. The van der Waals surface area contributed by atoms with E-state index in [1.807, 2.05) is 0 Å². The van der Waals surface area contributed by atoms with Crippen LogP contribution in [-0.4, -0.2) is 35.5 Å². The van der Waals surface area contributed by atoms with E-state index in [1.165, 1.54) is 42.6 Å². The summed E-state index contributed by atoms with van der Waals surface area (Å²) < 4.78 is 10.6. The molecular formula is C24H20N4O7. The Morgan fingerprint density at radius 1 is 1.00 bits per heavy atom. The van der Waals surface area contributed by atoms with Gasteiger partial charge in [-0.1, -0.05) is 36.4 Å². The summed E-state index contributed by atoms with van der Waals surface area (Å²) in [5, 5.41) is 17.3. The second-order valence-electron chi connectivity index (χ2n) is 6.82. The van der Waals surface area contributed by atoms with Crippen LogP contribution in [-0.2, 0) is 9.59 Å². The smallest absolute Gasteiger partial charge is 0.350 e. The molecule has 0 atom stereocenters. The van der Waals surface area contributed by atoms with Crippen LogP contribution in [0.1, 0.15) is 22.8 Å². The number of hydrazone groups is 1. The van der Waals surface area contributed by atoms with Crippen molar-refractivity contribution in [2.24, 2.45) is 5.10 Å². The molecule has 0 spiro atoms. The maximum atomic E-state index is 12.4. The summed E-state index contributed by atoms with van der Waals surface area (Å²) in [5.41, 5.74) is 2.31. The van der Waals surface area contributed by atoms with Gasteiger partial charge in [0.1, 0.15) is 17.1 Å². The lowest BCUT2D eigenvalue weighted by Crippen LogP contribution is -2.32. The topological polar surface area (TPSA) is 149 Å². The van der Waals surface area contributed by atoms with Gasteiger partial charge in [-0.05, 0) is 42.8 Å². The van der Waals surface area contributed by atoms with Gasteiger partial charge in [0.05, 0.1) is 23.4 Å². The fourth-order valence-corrected chi connectivity index (χ4v) is 2.87. The predicted molar refractivity (Wildman–Crippen MR) is 126 cm³/mol. The monoisotopic (exact) mass is 476 g/mol. The Hall–Kier alpha value is -5.06. The van der Waals surface area contributed by atoms with Crippen molar-refractivity contribution in [3.05, 3.63) is 94.0 Å². The fraction of sp³-hybridized carbons (Fsp3) is 0.0833. The standard InChI is InChI=1S/C24H20N4O7/c1-2-34-21-13-6-4-11-19(21)26-22(29)23(30)27-25-15-16-8-7-9-17(14-16)35-24(31)18-10-3-5-12-20(18)28(32)33/h3-15H,2H2,1H3,(H,26,29)(H,27,30)/b25-15+. The number of esters is 1. The molecule has 0 aliphatic rings. The molecule has 35 heavy (non-hydrogen) atoms. The Balaban J connectivity index is 1.61. The highest BCUT2D eigenvalue weighted by Gasteiger charge is 2.21. The number of carbonyl (C=O) groups excluding carboxylic acids is 3. The maximum absolute atomic E-state index is 12.4. The van der Waals surface area contributed by atoms with E-state index in [4.69, 9.17) is 9.47 Å². The number of para-hydroxylation sites is 3. The molecule has 0 bridgehead atoms. The SMILES string of the molecule is CCOc1ccccc1NC(=O)C(=O)N/N=C/c1cccc(OC(=O)c2ccccc2[N+](=O)[O-])c1. The van der Waals surface area contributed by atoms with Crippen molar-refractivity contribution in [2.45, 2.75) is 6.92 Å². The molecule has 0 aliphatic carbocycles. The lowest BCUT2D eigenvalue weighted by molar-refractivity contribution is -0.385. The van der Waals surface area contributed by atoms with E-state index in [0.29, 0.717) is 23.6 Å². The second-order valence-corrected chi connectivity index (χ2v) is 6.82. The van der Waals surface area contributed by atoms with E-state index in [-0.39, 0.29) is 17.0 Å². The molecule has 0 saturated heterocycles. The first-order valence-corrected chi connectivity index (χ1v) is 10.3. The van der Waals surface area contributed by atoms with E-state index in [9.17, 15) is 24.5 Å². The van der Waals surface area contributed by atoms with Gasteiger partial charge in [-0.2, -0.15) is 5.10 Å². The van der Waals surface area contributed by atoms with Crippen molar-refractivity contribution in [1.82, 2.24) is 5.43 Å². The summed E-state index contributed by atoms with van der Waals surface area (Å²) in [5.74, 6) is -2.32. The Kier molecular flexibility index (Phi) is 8.22. The third kappa shape index (κ3) is 6.71. The Labute approximate surface area is 199 Å². The minimum atomic E-state index is -1.01. The lowest BCUT2D eigenvalue weighted by atomic mass is 10.2. The number of benzene rings is 3. The van der Waals surface area contributed by atoms with E-state index in [0.717, 1.165) is 0 Å². The van der Waals surface area contributed by atoms with Gasteiger partial charge in [0.2, 0.25) is 0 Å². The van der Waals surface area contributed by atoms with Crippen LogP contribution in [0.15, 0.2) is 77.9 Å². The maximum Gasteiger partial charge on any atom is 0.350 e. The van der Waals surface area contributed by atoms with Crippen LogP contribution < -0.4 is 20.2 Å². The van der Waals surface area contributed by atoms with Crippen molar-refractivity contribution in [3.8, 4) is 11.5 Å². The third-order valence-corrected chi connectivity index (χ3v) is 4.41. The summed E-state index contributed by atoms with van der Waals surface area (Å²) in [6.45, 7) is 2.18. The number of carbonyl (C=O) groups is 3. The van der Waals surface area contributed by atoms with Crippen LogP contribution in [0.3, 0.4) is 0 Å². The highest BCUT2D eigenvalue weighted by atomic mass is 16.6. The molecule has 0 heterocycles. The number of ether oxygens (including phenoxy) is 2. The van der Waals surface area contributed by atoms with Crippen LogP contribution >= 0.6 is 0 Å². The fourth-order valence-electron chi connectivity index (χ4n) is 2.87. The third-order valence-electron chi connectivity index (χ3n) is 4.41.